The van der Waals surface area contributed by atoms with Gasteiger partial charge in [-0.1, -0.05) is 13.3 Å². The zero-order chi connectivity index (χ0) is 8.55. The van der Waals surface area contributed by atoms with Crippen molar-refractivity contribution in [3.8, 4) is 0 Å². The van der Waals surface area contributed by atoms with E-state index in [0.29, 0.717) is 12.5 Å². The second-order valence-electron chi connectivity index (χ2n) is 4.36. The Hall–Kier alpha value is -0.150. The minimum Gasteiger partial charge on any atom is -0.412 e. The van der Waals surface area contributed by atoms with Crippen LogP contribution in [0.2, 0.25) is 0 Å². The molecule has 3 heteroatoms. The number of hydrogen-bond acceptors (Lipinski definition) is 1. The molecule has 0 aromatic rings. The summed E-state index contributed by atoms with van der Waals surface area (Å²) in [6, 6.07) is 0.732. The van der Waals surface area contributed by atoms with Gasteiger partial charge in [-0.2, -0.15) is 0 Å². The third-order valence-electron chi connectivity index (χ3n) is 3.49. The summed E-state index contributed by atoms with van der Waals surface area (Å²) >= 11 is 0. The van der Waals surface area contributed by atoms with Crippen LogP contribution < -0.4 is 0 Å². The van der Waals surface area contributed by atoms with Gasteiger partial charge in [-0.3, -0.25) is 4.90 Å². The van der Waals surface area contributed by atoms with E-state index < -0.39 is 6.17 Å². The largest absolute Gasteiger partial charge is 0.412 e. The Morgan fingerprint density at radius 3 is 2.38 bits per heavy atom. The van der Waals surface area contributed by atoms with E-state index in [9.17, 15) is 4.39 Å². The smallest absolute Gasteiger partial charge is 0.115 e. The summed E-state index contributed by atoms with van der Waals surface area (Å²) in [5.41, 5.74) is 0. The molecule has 0 aromatic carbocycles. The van der Waals surface area contributed by atoms with Crippen LogP contribution in [-0.2, 0) is 0 Å². The monoisotopic (exact) mass is 189 g/mol. The fraction of sp³-hybridized carbons (Fsp3) is 1.00. The van der Waals surface area contributed by atoms with E-state index in [1.807, 2.05) is 6.92 Å². The highest BCUT2D eigenvalue weighted by Gasteiger charge is 2.32. The van der Waals surface area contributed by atoms with Crippen LogP contribution >= 0.6 is 0 Å². The lowest BCUT2D eigenvalue weighted by atomic mass is 9.88. The first-order valence-electron chi connectivity index (χ1n) is 5.15. The Balaban J connectivity index is 0.000000845. The highest BCUT2D eigenvalue weighted by molar-refractivity contribution is 4.86. The predicted octanol–water partition coefficient (Wildman–Crippen LogP) is 1.39. The molecule has 1 aliphatic heterocycles. The van der Waals surface area contributed by atoms with Gasteiger partial charge in [0.05, 0.1) is 0 Å². The van der Waals surface area contributed by atoms with Gasteiger partial charge in [0.1, 0.15) is 6.17 Å². The van der Waals surface area contributed by atoms with Crippen molar-refractivity contribution in [3.05, 3.63) is 0 Å². The minimum absolute atomic E-state index is 0. The highest BCUT2D eigenvalue weighted by Crippen LogP contribution is 2.29. The summed E-state index contributed by atoms with van der Waals surface area (Å²) in [4.78, 5) is 2.36. The normalized spacial score (nSPS) is 36.5. The van der Waals surface area contributed by atoms with Gasteiger partial charge >= 0.3 is 0 Å². The summed E-state index contributed by atoms with van der Waals surface area (Å²) in [6.45, 7) is 3.86. The molecular formula is C10H20FNO. The molecule has 2 aliphatic rings. The Morgan fingerprint density at radius 2 is 1.92 bits per heavy atom. The second-order valence-corrected chi connectivity index (χ2v) is 4.36. The maximum Gasteiger partial charge on any atom is 0.115 e. The Labute approximate surface area is 79.4 Å². The molecule has 1 aliphatic carbocycles. The molecule has 1 saturated carbocycles. The summed E-state index contributed by atoms with van der Waals surface area (Å²) < 4.78 is 13.3. The molecule has 0 radical (unpaired) electrons. The molecule has 1 saturated heterocycles. The molecule has 2 rings (SSSR count). The molecule has 0 aromatic heterocycles. The second kappa shape index (κ2) is 4.38. The van der Waals surface area contributed by atoms with E-state index in [1.165, 1.54) is 19.3 Å². The van der Waals surface area contributed by atoms with Gasteiger partial charge in [0.25, 0.3) is 0 Å². The van der Waals surface area contributed by atoms with Crippen LogP contribution in [-0.4, -0.2) is 35.7 Å². The van der Waals surface area contributed by atoms with Gasteiger partial charge in [0, 0.05) is 12.6 Å². The number of rotatable bonds is 1. The van der Waals surface area contributed by atoms with Crippen LogP contribution in [0.1, 0.15) is 32.6 Å². The number of alkyl halides is 1. The predicted molar refractivity (Wildman–Crippen MR) is 51.5 cm³/mol. The van der Waals surface area contributed by atoms with Crippen molar-refractivity contribution < 1.29 is 9.87 Å². The lowest BCUT2D eigenvalue weighted by molar-refractivity contribution is 0.0349. The van der Waals surface area contributed by atoms with Gasteiger partial charge < -0.3 is 5.48 Å². The third-order valence-corrected chi connectivity index (χ3v) is 3.49. The summed E-state index contributed by atoms with van der Waals surface area (Å²) in [5, 5.41) is 0. The number of halogens is 1. The first-order valence-corrected chi connectivity index (χ1v) is 5.15. The van der Waals surface area contributed by atoms with Crippen molar-refractivity contribution in [2.45, 2.75) is 44.8 Å². The van der Waals surface area contributed by atoms with Gasteiger partial charge in [-0.05, 0) is 31.7 Å². The van der Waals surface area contributed by atoms with Crippen LogP contribution in [0, 0.1) is 5.92 Å². The molecule has 0 spiro atoms. The van der Waals surface area contributed by atoms with E-state index in [4.69, 9.17) is 0 Å². The van der Waals surface area contributed by atoms with Gasteiger partial charge in [-0.15, -0.1) is 0 Å². The lowest BCUT2D eigenvalue weighted by Gasteiger charge is -2.42. The Morgan fingerprint density at radius 1 is 1.23 bits per heavy atom. The number of likely N-dealkylation sites (tertiary alicyclic amines) is 1. The Bertz CT molecular complexity index is 161. The molecule has 2 atom stereocenters. The fourth-order valence-electron chi connectivity index (χ4n) is 2.13. The topological polar surface area (TPSA) is 34.7 Å². The maximum atomic E-state index is 13.3. The first kappa shape index (κ1) is 10.9. The molecule has 2 N–H and O–H groups in total. The number of hydrogen-bond donors (Lipinski definition) is 0. The lowest BCUT2D eigenvalue weighted by Crippen LogP contribution is -2.48. The zero-order valence-electron chi connectivity index (χ0n) is 8.30. The summed E-state index contributed by atoms with van der Waals surface area (Å²) in [7, 11) is 0. The van der Waals surface area contributed by atoms with Crippen molar-refractivity contribution in [3.63, 3.8) is 0 Å². The van der Waals surface area contributed by atoms with Gasteiger partial charge in [0.2, 0.25) is 0 Å². The van der Waals surface area contributed by atoms with E-state index in [1.54, 1.807) is 0 Å². The number of piperidine rings is 1. The molecule has 0 unspecified atom stereocenters. The van der Waals surface area contributed by atoms with Crippen LogP contribution in [0.25, 0.3) is 0 Å². The SMILES string of the molecule is C[C@H]1CCN(C2CCC2)C[C@H]1F.O. The van der Waals surface area contributed by atoms with E-state index >= 15 is 0 Å². The first-order chi connectivity index (χ1) is 5.77. The standard InChI is InChI=1S/C10H18FN.H2O/c1-8-5-6-12(7-10(8)11)9-3-2-4-9;/h8-10H,2-7H2,1H3;1H2/t8-,10+;/m0./s1. The molecule has 0 amide bonds. The molecule has 1 heterocycles. The van der Waals surface area contributed by atoms with Crippen molar-refractivity contribution in [2.24, 2.45) is 5.92 Å². The molecule has 2 fully saturated rings. The van der Waals surface area contributed by atoms with Gasteiger partial charge in [0.15, 0.2) is 0 Å². The van der Waals surface area contributed by atoms with Crippen LogP contribution in [0.4, 0.5) is 4.39 Å². The summed E-state index contributed by atoms with van der Waals surface area (Å²) in [6.07, 6.45) is 4.45. The van der Waals surface area contributed by atoms with Crippen LogP contribution in [0.15, 0.2) is 0 Å². The van der Waals surface area contributed by atoms with Crippen molar-refractivity contribution in [1.29, 1.82) is 0 Å². The zero-order valence-corrected chi connectivity index (χ0v) is 8.30. The van der Waals surface area contributed by atoms with E-state index in [-0.39, 0.29) is 5.48 Å². The maximum absolute atomic E-state index is 13.3. The minimum atomic E-state index is -0.570. The molecular weight excluding hydrogens is 169 g/mol. The van der Waals surface area contributed by atoms with Crippen molar-refractivity contribution in [1.82, 2.24) is 4.90 Å². The average Bonchev–Trinajstić information content (AvgIpc) is 1.93. The fourth-order valence-corrected chi connectivity index (χ4v) is 2.13. The average molecular weight is 189 g/mol. The Kier molecular flexibility index (Phi) is 3.68. The van der Waals surface area contributed by atoms with E-state index in [0.717, 1.165) is 19.0 Å². The third kappa shape index (κ3) is 2.20. The van der Waals surface area contributed by atoms with Crippen molar-refractivity contribution >= 4 is 0 Å². The quantitative estimate of drug-likeness (QED) is 0.614. The highest BCUT2D eigenvalue weighted by atomic mass is 19.1. The van der Waals surface area contributed by atoms with Crippen molar-refractivity contribution in [2.75, 3.05) is 13.1 Å². The number of nitrogens with zero attached hydrogens (tertiary/aromatic N) is 1. The molecule has 0 bridgehead atoms. The van der Waals surface area contributed by atoms with Gasteiger partial charge in [-0.25, -0.2) is 4.39 Å². The molecule has 2 nitrogen and oxygen atoms in total. The van der Waals surface area contributed by atoms with Crippen LogP contribution in [0.5, 0.6) is 0 Å². The van der Waals surface area contributed by atoms with Crippen LogP contribution in [0.3, 0.4) is 0 Å². The van der Waals surface area contributed by atoms with E-state index in [2.05, 4.69) is 4.90 Å². The summed E-state index contributed by atoms with van der Waals surface area (Å²) in [5.74, 6) is 0.293. The molecule has 78 valence electrons. The molecule has 13 heavy (non-hydrogen) atoms.